The van der Waals surface area contributed by atoms with Gasteiger partial charge >= 0.3 is 5.97 Å². The summed E-state index contributed by atoms with van der Waals surface area (Å²) in [5.41, 5.74) is 0. The molecule has 0 N–H and O–H groups in total. The highest BCUT2D eigenvalue weighted by Gasteiger charge is 2.09. The number of carbonyl (C=O) groups excluding carboxylic acids is 1. The Bertz CT molecular complexity index is 110. The predicted molar refractivity (Wildman–Crippen MR) is 42.9 cm³/mol. The first-order valence-corrected chi connectivity index (χ1v) is 3.83. The van der Waals surface area contributed by atoms with Crippen LogP contribution in [-0.2, 0) is 9.53 Å². The molecule has 2 nitrogen and oxygen atoms in total. The smallest absolute Gasteiger partial charge is 0.319 e. The third-order valence-corrected chi connectivity index (χ3v) is 1.08. The summed E-state index contributed by atoms with van der Waals surface area (Å²) < 4.78 is 4.82. The van der Waals surface area contributed by atoms with E-state index in [1.165, 1.54) is 0 Å². The van der Waals surface area contributed by atoms with E-state index in [9.17, 15) is 4.79 Å². The zero-order valence-electron chi connectivity index (χ0n) is 6.59. The van der Waals surface area contributed by atoms with E-state index in [4.69, 9.17) is 4.74 Å². The van der Waals surface area contributed by atoms with Crippen LogP contribution < -0.4 is 0 Å². The summed E-state index contributed by atoms with van der Waals surface area (Å²) in [7, 11) is 0. The first-order chi connectivity index (χ1) is 4.54. The van der Waals surface area contributed by atoms with Gasteiger partial charge in [-0.1, -0.05) is 26.5 Å². The molecule has 0 aliphatic carbocycles. The molecule has 0 bridgehead atoms. The molecule has 0 rings (SSSR count). The SMILES string of the molecule is CC(C)COC(=O)C(C)[S]. The van der Waals surface area contributed by atoms with Crippen LogP contribution >= 0.6 is 12.6 Å². The van der Waals surface area contributed by atoms with Gasteiger partial charge in [-0.15, -0.1) is 0 Å². The van der Waals surface area contributed by atoms with Gasteiger partial charge in [-0.2, -0.15) is 0 Å². The van der Waals surface area contributed by atoms with Crippen LogP contribution in [0.15, 0.2) is 0 Å². The van der Waals surface area contributed by atoms with Gasteiger partial charge in [0.2, 0.25) is 0 Å². The maximum atomic E-state index is 10.7. The molecular weight excluding hydrogens is 148 g/mol. The quantitative estimate of drug-likeness (QED) is 0.590. The molecule has 0 aromatic rings. The summed E-state index contributed by atoms with van der Waals surface area (Å²) in [6.45, 7) is 6.10. The fourth-order valence-corrected chi connectivity index (χ4v) is 0.434. The molecule has 0 aliphatic heterocycles. The van der Waals surface area contributed by atoms with E-state index in [1.807, 2.05) is 13.8 Å². The summed E-state index contributed by atoms with van der Waals surface area (Å²) in [5, 5.41) is -0.418. The van der Waals surface area contributed by atoms with Gasteiger partial charge < -0.3 is 4.74 Å². The number of rotatable bonds is 3. The molecule has 0 aromatic carbocycles. The van der Waals surface area contributed by atoms with Crippen LogP contribution in [0, 0.1) is 5.92 Å². The van der Waals surface area contributed by atoms with Gasteiger partial charge in [0.1, 0.15) is 5.25 Å². The summed E-state index contributed by atoms with van der Waals surface area (Å²) in [6.07, 6.45) is 0. The number of hydrogen-bond acceptors (Lipinski definition) is 2. The topological polar surface area (TPSA) is 26.3 Å². The molecule has 1 unspecified atom stereocenters. The third-order valence-electron chi connectivity index (χ3n) is 0.891. The molecule has 0 saturated carbocycles. The average Bonchev–Trinajstić information content (AvgIpc) is 1.82. The monoisotopic (exact) mass is 161 g/mol. The molecule has 0 spiro atoms. The molecule has 10 heavy (non-hydrogen) atoms. The van der Waals surface area contributed by atoms with E-state index in [-0.39, 0.29) is 5.97 Å². The lowest BCUT2D eigenvalue weighted by atomic mass is 10.2. The minimum atomic E-state index is -0.418. The van der Waals surface area contributed by atoms with Gasteiger partial charge in [-0.25, -0.2) is 0 Å². The maximum Gasteiger partial charge on any atom is 0.319 e. The number of esters is 1. The number of ether oxygens (including phenoxy) is 1. The second-order valence-electron chi connectivity index (χ2n) is 2.67. The Morgan fingerprint density at radius 2 is 2.00 bits per heavy atom. The average molecular weight is 161 g/mol. The highest BCUT2D eigenvalue weighted by atomic mass is 32.1. The van der Waals surface area contributed by atoms with Crippen LogP contribution in [-0.4, -0.2) is 17.8 Å². The minimum absolute atomic E-state index is 0.288. The van der Waals surface area contributed by atoms with Crippen molar-refractivity contribution >= 4 is 18.6 Å². The lowest BCUT2D eigenvalue weighted by Crippen LogP contribution is -2.17. The second kappa shape index (κ2) is 4.61. The largest absolute Gasteiger partial charge is 0.465 e. The predicted octanol–water partition coefficient (Wildman–Crippen LogP) is 1.77. The zero-order valence-corrected chi connectivity index (χ0v) is 7.40. The minimum Gasteiger partial charge on any atom is -0.465 e. The summed E-state index contributed by atoms with van der Waals surface area (Å²) in [4.78, 5) is 10.7. The van der Waals surface area contributed by atoms with Gasteiger partial charge in [0.15, 0.2) is 0 Å². The van der Waals surface area contributed by atoms with E-state index in [0.717, 1.165) is 0 Å². The summed E-state index contributed by atoms with van der Waals surface area (Å²) >= 11 is 4.68. The van der Waals surface area contributed by atoms with Crippen LogP contribution in [0.1, 0.15) is 20.8 Å². The van der Waals surface area contributed by atoms with Crippen molar-refractivity contribution in [1.82, 2.24) is 0 Å². The van der Waals surface area contributed by atoms with E-state index < -0.39 is 5.25 Å². The molecule has 0 aliphatic rings. The van der Waals surface area contributed by atoms with Crippen molar-refractivity contribution in [2.75, 3.05) is 6.61 Å². The molecule has 0 heterocycles. The first-order valence-electron chi connectivity index (χ1n) is 3.36. The van der Waals surface area contributed by atoms with E-state index in [0.29, 0.717) is 12.5 Å². The molecule has 0 aromatic heterocycles. The summed E-state index contributed by atoms with van der Waals surface area (Å²) in [6, 6.07) is 0. The third kappa shape index (κ3) is 4.68. The molecule has 1 atom stereocenters. The highest BCUT2D eigenvalue weighted by molar-refractivity contribution is 7.81. The second-order valence-corrected chi connectivity index (χ2v) is 3.37. The Kier molecular flexibility index (Phi) is 4.52. The number of carbonyl (C=O) groups is 1. The Hall–Kier alpha value is -0.180. The van der Waals surface area contributed by atoms with Crippen molar-refractivity contribution in [3.05, 3.63) is 0 Å². The first kappa shape index (κ1) is 9.82. The lowest BCUT2D eigenvalue weighted by Gasteiger charge is -2.07. The standard InChI is InChI=1S/C7H13O2S/c1-5(2)4-9-7(8)6(3)10/h5-6H,4H2,1-3H3. The fraction of sp³-hybridized carbons (Fsp3) is 0.857. The molecule has 0 saturated heterocycles. The van der Waals surface area contributed by atoms with Gasteiger partial charge in [-0.3, -0.25) is 4.79 Å². The molecule has 0 amide bonds. The fourth-order valence-electron chi connectivity index (χ4n) is 0.366. The van der Waals surface area contributed by atoms with E-state index in [2.05, 4.69) is 12.6 Å². The van der Waals surface area contributed by atoms with Gasteiger partial charge in [-0.05, 0) is 12.8 Å². The Morgan fingerprint density at radius 3 is 2.30 bits per heavy atom. The van der Waals surface area contributed by atoms with E-state index >= 15 is 0 Å². The Balaban J connectivity index is 3.40. The van der Waals surface area contributed by atoms with E-state index in [1.54, 1.807) is 6.92 Å². The van der Waals surface area contributed by atoms with Crippen LogP contribution in [0.25, 0.3) is 0 Å². The van der Waals surface area contributed by atoms with Crippen LogP contribution in [0.2, 0.25) is 0 Å². The maximum absolute atomic E-state index is 10.7. The van der Waals surface area contributed by atoms with Crippen LogP contribution in [0.3, 0.4) is 0 Å². The zero-order chi connectivity index (χ0) is 8.15. The van der Waals surface area contributed by atoms with Gasteiger partial charge in [0, 0.05) is 0 Å². The summed E-state index contributed by atoms with van der Waals surface area (Å²) in [5.74, 6) is 0.0985. The van der Waals surface area contributed by atoms with Crippen molar-refractivity contribution in [3.63, 3.8) is 0 Å². The molecule has 1 radical (unpaired) electrons. The molecule has 0 fully saturated rings. The number of hydrogen-bond donors (Lipinski definition) is 0. The lowest BCUT2D eigenvalue weighted by molar-refractivity contribution is -0.143. The van der Waals surface area contributed by atoms with Crippen molar-refractivity contribution in [1.29, 1.82) is 0 Å². The highest BCUT2D eigenvalue weighted by Crippen LogP contribution is 1.99. The molecule has 59 valence electrons. The van der Waals surface area contributed by atoms with Crippen LogP contribution in [0.4, 0.5) is 0 Å². The molecule has 3 heteroatoms. The molecular formula is C7H13O2S. The van der Waals surface area contributed by atoms with Crippen molar-refractivity contribution in [2.24, 2.45) is 5.92 Å². The van der Waals surface area contributed by atoms with Crippen molar-refractivity contribution in [3.8, 4) is 0 Å². The van der Waals surface area contributed by atoms with Gasteiger partial charge in [0.05, 0.1) is 6.61 Å². The Morgan fingerprint density at radius 1 is 1.50 bits per heavy atom. The Labute approximate surface area is 67.4 Å². The normalized spacial score (nSPS) is 13.3. The van der Waals surface area contributed by atoms with Crippen molar-refractivity contribution < 1.29 is 9.53 Å². The van der Waals surface area contributed by atoms with Crippen molar-refractivity contribution in [2.45, 2.75) is 26.0 Å². The van der Waals surface area contributed by atoms with Crippen LogP contribution in [0.5, 0.6) is 0 Å². The van der Waals surface area contributed by atoms with Gasteiger partial charge in [0.25, 0.3) is 0 Å².